The maximum Gasteiger partial charge on any atom is 0.265 e. The quantitative estimate of drug-likeness (QED) is 0.500. The highest BCUT2D eigenvalue weighted by molar-refractivity contribution is 9.10. The number of hydrogen-bond acceptors (Lipinski definition) is 4. The molecule has 6 nitrogen and oxygen atoms in total. The molecule has 2 amide bonds. The van der Waals surface area contributed by atoms with Crippen LogP contribution in [0.3, 0.4) is 0 Å². The summed E-state index contributed by atoms with van der Waals surface area (Å²) in [5.74, 6) is 0.539. The Balaban J connectivity index is 1.59. The maximum atomic E-state index is 12.5. The van der Waals surface area contributed by atoms with Gasteiger partial charge in [0.15, 0.2) is 6.10 Å². The molecular formula is C21H18BrClN2O4. The van der Waals surface area contributed by atoms with Gasteiger partial charge in [0.2, 0.25) is 0 Å². The van der Waals surface area contributed by atoms with Crippen molar-refractivity contribution in [3.05, 3.63) is 81.7 Å². The van der Waals surface area contributed by atoms with Gasteiger partial charge < -0.3 is 19.8 Å². The van der Waals surface area contributed by atoms with E-state index in [0.29, 0.717) is 32.3 Å². The van der Waals surface area contributed by atoms with Gasteiger partial charge in [-0.1, -0.05) is 17.7 Å². The SMILES string of the molecule is CC(Oc1ccc(Cl)cc1Br)C(=O)Nc1cccc(C(=O)NCc2ccco2)c1. The molecule has 2 N–H and O–H groups in total. The van der Waals surface area contributed by atoms with Crippen LogP contribution >= 0.6 is 27.5 Å². The topological polar surface area (TPSA) is 80.6 Å². The lowest BCUT2D eigenvalue weighted by atomic mass is 10.2. The van der Waals surface area contributed by atoms with Gasteiger partial charge in [0.25, 0.3) is 11.8 Å². The smallest absolute Gasteiger partial charge is 0.265 e. The first-order valence-corrected chi connectivity index (χ1v) is 9.92. The average molecular weight is 478 g/mol. The van der Waals surface area contributed by atoms with Gasteiger partial charge in [-0.25, -0.2) is 0 Å². The molecule has 8 heteroatoms. The van der Waals surface area contributed by atoms with Gasteiger partial charge in [0.1, 0.15) is 11.5 Å². The normalized spacial score (nSPS) is 11.6. The summed E-state index contributed by atoms with van der Waals surface area (Å²) in [6.07, 6.45) is 0.785. The van der Waals surface area contributed by atoms with E-state index in [9.17, 15) is 9.59 Å². The predicted octanol–water partition coefficient (Wildman–Crippen LogP) is 5.03. The number of nitrogens with one attached hydrogen (secondary N) is 2. The second kappa shape index (κ2) is 9.62. The van der Waals surface area contributed by atoms with Crippen LogP contribution in [0.25, 0.3) is 0 Å². The molecule has 0 aliphatic rings. The molecule has 0 aliphatic heterocycles. The average Bonchev–Trinajstić information content (AvgIpc) is 3.22. The second-order valence-electron chi connectivity index (χ2n) is 6.17. The molecule has 0 radical (unpaired) electrons. The molecule has 0 saturated carbocycles. The summed E-state index contributed by atoms with van der Waals surface area (Å²) in [5, 5.41) is 6.07. The van der Waals surface area contributed by atoms with Crippen LogP contribution in [0.15, 0.2) is 69.8 Å². The zero-order valence-corrected chi connectivity index (χ0v) is 17.8. The Bertz CT molecular complexity index is 1010. The third kappa shape index (κ3) is 5.85. The van der Waals surface area contributed by atoms with Crippen LogP contribution in [-0.2, 0) is 11.3 Å². The summed E-state index contributed by atoms with van der Waals surface area (Å²) in [6.45, 7) is 1.92. The van der Waals surface area contributed by atoms with Gasteiger partial charge in [-0.3, -0.25) is 9.59 Å². The molecule has 0 aliphatic carbocycles. The van der Waals surface area contributed by atoms with Gasteiger partial charge in [-0.05, 0) is 71.4 Å². The van der Waals surface area contributed by atoms with E-state index < -0.39 is 6.10 Å². The van der Waals surface area contributed by atoms with Crippen molar-refractivity contribution in [2.45, 2.75) is 19.6 Å². The van der Waals surface area contributed by atoms with Crippen LogP contribution in [0.2, 0.25) is 5.02 Å². The van der Waals surface area contributed by atoms with Crippen molar-refractivity contribution >= 4 is 45.0 Å². The van der Waals surface area contributed by atoms with Crippen molar-refractivity contribution < 1.29 is 18.7 Å². The Kier molecular flexibility index (Phi) is 6.95. The lowest BCUT2D eigenvalue weighted by Gasteiger charge is -2.16. The van der Waals surface area contributed by atoms with Crippen molar-refractivity contribution in [2.24, 2.45) is 0 Å². The summed E-state index contributed by atoms with van der Waals surface area (Å²) in [6, 6.07) is 15.2. The summed E-state index contributed by atoms with van der Waals surface area (Å²) >= 11 is 9.27. The lowest BCUT2D eigenvalue weighted by molar-refractivity contribution is -0.122. The fourth-order valence-corrected chi connectivity index (χ4v) is 3.26. The molecule has 1 unspecified atom stereocenters. The molecule has 2 aromatic carbocycles. The fraction of sp³-hybridized carbons (Fsp3) is 0.143. The van der Waals surface area contributed by atoms with E-state index in [1.807, 2.05) is 0 Å². The standard InChI is InChI=1S/C21H18BrClN2O4/c1-13(29-19-8-7-15(23)11-18(19)22)20(26)25-16-5-2-4-14(10-16)21(27)24-12-17-6-3-9-28-17/h2-11,13H,12H2,1H3,(H,24,27)(H,25,26). The van der Waals surface area contributed by atoms with E-state index in [4.69, 9.17) is 20.8 Å². The number of amides is 2. The molecule has 0 fully saturated rings. The van der Waals surface area contributed by atoms with E-state index in [1.54, 1.807) is 67.8 Å². The molecule has 0 saturated heterocycles. The highest BCUT2D eigenvalue weighted by atomic mass is 79.9. The first-order chi connectivity index (χ1) is 13.9. The number of halogens is 2. The van der Waals surface area contributed by atoms with E-state index in [0.717, 1.165) is 0 Å². The molecule has 1 aromatic heterocycles. The first kappa shape index (κ1) is 21.0. The zero-order chi connectivity index (χ0) is 20.8. The zero-order valence-electron chi connectivity index (χ0n) is 15.4. The first-order valence-electron chi connectivity index (χ1n) is 8.75. The monoisotopic (exact) mass is 476 g/mol. The number of carbonyl (C=O) groups excluding carboxylic acids is 2. The number of hydrogen-bond donors (Lipinski definition) is 2. The number of ether oxygens (including phenoxy) is 1. The van der Waals surface area contributed by atoms with Gasteiger partial charge in [0, 0.05) is 16.3 Å². The third-order valence-corrected chi connectivity index (χ3v) is 4.82. The van der Waals surface area contributed by atoms with E-state index >= 15 is 0 Å². The van der Waals surface area contributed by atoms with E-state index in [2.05, 4.69) is 26.6 Å². The van der Waals surface area contributed by atoms with Crippen LogP contribution in [0, 0.1) is 0 Å². The number of carbonyl (C=O) groups is 2. The third-order valence-electron chi connectivity index (χ3n) is 3.96. The lowest BCUT2D eigenvalue weighted by Crippen LogP contribution is -2.30. The molecule has 1 atom stereocenters. The highest BCUT2D eigenvalue weighted by Gasteiger charge is 2.17. The van der Waals surface area contributed by atoms with Crippen molar-refractivity contribution in [3.8, 4) is 5.75 Å². The number of benzene rings is 2. The largest absolute Gasteiger partial charge is 0.480 e. The second-order valence-corrected chi connectivity index (χ2v) is 7.46. The molecule has 0 bridgehead atoms. The summed E-state index contributed by atoms with van der Waals surface area (Å²) in [5.41, 5.74) is 0.912. The Morgan fingerprint density at radius 2 is 2.00 bits per heavy atom. The number of furan rings is 1. The Morgan fingerprint density at radius 1 is 1.17 bits per heavy atom. The Labute approximate surface area is 181 Å². The van der Waals surface area contributed by atoms with Crippen LogP contribution in [-0.4, -0.2) is 17.9 Å². The van der Waals surface area contributed by atoms with Gasteiger partial charge in [-0.15, -0.1) is 0 Å². The Morgan fingerprint density at radius 3 is 2.72 bits per heavy atom. The van der Waals surface area contributed by atoms with Crippen molar-refractivity contribution in [2.75, 3.05) is 5.32 Å². The minimum absolute atomic E-state index is 0.271. The molecule has 3 rings (SSSR count). The van der Waals surface area contributed by atoms with Gasteiger partial charge >= 0.3 is 0 Å². The van der Waals surface area contributed by atoms with Crippen molar-refractivity contribution in [3.63, 3.8) is 0 Å². The predicted molar refractivity (Wildman–Crippen MR) is 114 cm³/mol. The fourth-order valence-electron chi connectivity index (χ4n) is 2.48. The number of rotatable bonds is 7. The molecule has 3 aromatic rings. The summed E-state index contributed by atoms with van der Waals surface area (Å²) in [7, 11) is 0. The van der Waals surface area contributed by atoms with Crippen LogP contribution in [0.5, 0.6) is 5.75 Å². The molecule has 150 valence electrons. The van der Waals surface area contributed by atoms with Crippen molar-refractivity contribution in [1.82, 2.24) is 5.32 Å². The van der Waals surface area contributed by atoms with Crippen LogP contribution < -0.4 is 15.4 Å². The summed E-state index contributed by atoms with van der Waals surface area (Å²) in [4.78, 5) is 24.8. The van der Waals surface area contributed by atoms with Gasteiger partial charge in [-0.2, -0.15) is 0 Å². The Hall–Kier alpha value is -2.77. The minimum Gasteiger partial charge on any atom is -0.480 e. The molecule has 0 spiro atoms. The molecular weight excluding hydrogens is 460 g/mol. The van der Waals surface area contributed by atoms with Crippen LogP contribution in [0.4, 0.5) is 5.69 Å². The van der Waals surface area contributed by atoms with E-state index in [1.165, 1.54) is 0 Å². The van der Waals surface area contributed by atoms with Crippen LogP contribution in [0.1, 0.15) is 23.0 Å². The number of anilines is 1. The summed E-state index contributed by atoms with van der Waals surface area (Å²) < 4.78 is 11.5. The van der Waals surface area contributed by atoms with E-state index in [-0.39, 0.29) is 18.4 Å². The maximum absolute atomic E-state index is 12.5. The van der Waals surface area contributed by atoms with Gasteiger partial charge in [0.05, 0.1) is 17.3 Å². The minimum atomic E-state index is -0.760. The van der Waals surface area contributed by atoms with Crippen molar-refractivity contribution in [1.29, 1.82) is 0 Å². The molecule has 29 heavy (non-hydrogen) atoms. The highest BCUT2D eigenvalue weighted by Crippen LogP contribution is 2.29. The molecule has 1 heterocycles.